The fourth-order valence-corrected chi connectivity index (χ4v) is 1.77. The number of nitrogens with zero attached hydrogens (tertiary/aromatic N) is 1. The van der Waals surface area contributed by atoms with Crippen molar-refractivity contribution in [3.05, 3.63) is 35.0 Å². The van der Waals surface area contributed by atoms with E-state index in [2.05, 4.69) is 4.98 Å². The number of nitrogens with two attached hydrogens (primary N) is 1. The van der Waals surface area contributed by atoms with Gasteiger partial charge in [0.25, 0.3) is 5.91 Å². The number of amides is 1. The molecule has 3 N–H and O–H groups in total. The van der Waals surface area contributed by atoms with Gasteiger partial charge in [-0.2, -0.15) is 0 Å². The van der Waals surface area contributed by atoms with Gasteiger partial charge < -0.3 is 4.74 Å². The van der Waals surface area contributed by atoms with Gasteiger partial charge >= 0.3 is 0 Å². The predicted octanol–water partition coefficient (Wildman–Crippen LogP) is 1.57. The Morgan fingerprint density at radius 2 is 2.28 bits per heavy atom. The molecule has 0 saturated carbocycles. The molecule has 6 heteroatoms. The Labute approximate surface area is 109 Å². The molecule has 0 bridgehead atoms. The van der Waals surface area contributed by atoms with Crippen molar-refractivity contribution in [2.45, 2.75) is 6.92 Å². The number of pyridine rings is 1. The molecular weight excluding hydrogens is 254 g/mol. The maximum atomic E-state index is 11.0. The van der Waals surface area contributed by atoms with E-state index in [0.29, 0.717) is 10.8 Å². The number of halogens is 1. The molecule has 0 radical (unpaired) electrons. The second kappa shape index (κ2) is 5.20. The van der Waals surface area contributed by atoms with Gasteiger partial charge in [-0.25, -0.2) is 5.84 Å². The molecular formula is C12H12ClN3O2. The van der Waals surface area contributed by atoms with Crippen LogP contribution in [0.2, 0.25) is 5.02 Å². The average Bonchev–Trinajstić information content (AvgIpc) is 2.40. The Balaban J connectivity index is 2.40. The lowest BCUT2D eigenvalue weighted by atomic mass is 10.1. The Hall–Kier alpha value is -1.85. The number of carbonyl (C=O) groups is 1. The number of aromatic nitrogens is 1. The summed E-state index contributed by atoms with van der Waals surface area (Å²) in [5, 5.41) is 1.45. The van der Waals surface area contributed by atoms with Crippen LogP contribution in [0.5, 0.6) is 5.75 Å². The number of fused-ring (bicyclic) bond motifs is 1. The minimum atomic E-state index is -0.398. The smallest absolute Gasteiger partial charge is 0.271 e. The van der Waals surface area contributed by atoms with Crippen LogP contribution in [0.1, 0.15) is 5.56 Å². The van der Waals surface area contributed by atoms with Crippen molar-refractivity contribution in [1.82, 2.24) is 10.4 Å². The molecule has 1 amide bonds. The van der Waals surface area contributed by atoms with Crippen molar-refractivity contribution in [3.63, 3.8) is 0 Å². The van der Waals surface area contributed by atoms with E-state index in [-0.39, 0.29) is 6.61 Å². The normalized spacial score (nSPS) is 10.4. The van der Waals surface area contributed by atoms with Gasteiger partial charge in [-0.05, 0) is 30.7 Å². The molecule has 0 aliphatic heterocycles. The van der Waals surface area contributed by atoms with Crippen LogP contribution in [-0.4, -0.2) is 17.5 Å². The van der Waals surface area contributed by atoms with Gasteiger partial charge in [0.1, 0.15) is 5.75 Å². The highest BCUT2D eigenvalue weighted by Gasteiger charge is 2.09. The summed E-state index contributed by atoms with van der Waals surface area (Å²) in [7, 11) is 0. The number of benzene rings is 1. The van der Waals surface area contributed by atoms with Gasteiger partial charge in [-0.3, -0.25) is 15.2 Å². The number of hydrogen-bond donors (Lipinski definition) is 2. The molecule has 0 fully saturated rings. The highest BCUT2D eigenvalue weighted by molar-refractivity contribution is 6.32. The van der Waals surface area contributed by atoms with Gasteiger partial charge in [0.2, 0.25) is 0 Å². The number of carbonyl (C=O) groups excluding carboxylic acids is 1. The number of nitrogens with one attached hydrogen (secondary N) is 1. The second-order valence-corrected chi connectivity index (χ2v) is 4.14. The van der Waals surface area contributed by atoms with Crippen molar-refractivity contribution in [2.24, 2.45) is 5.84 Å². The van der Waals surface area contributed by atoms with Crippen LogP contribution in [-0.2, 0) is 4.79 Å². The number of aryl methyl sites for hydroxylation is 1. The molecule has 5 nitrogen and oxygen atoms in total. The minimum absolute atomic E-state index is 0.142. The summed E-state index contributed by atoms with van der Waals surface area (Å²) in [6, 6.07) is 5.28. The molecule has 1 heterocycles. The summed E-state index contributed by atoms with van der Waals surface area (Å²) in [6.45, 7) is 1.74. The first kappa shape index (κ1) is 12.6. The Morgan fingerprint density at radius 1 is 1.50 bits per heavy atom. The Bertz CT molecular complexity index is 601. The maximum absolute atomic E-state index is 11.0. The van der Waals surface area contributed by atoms with Crippen molar-refractivity contribution in [3.8, 4) is 5.75 Å². The van der Waals surface area contributed by atoms with Crippen molar-refractivity contribution in [2.75, 3.05) is 6.61 Å². The van der Waals surface area contributed by atoms with E-state index in [0.717, 1.165) is 16.5 Å². The first-order valence-corrected chi connectivity index (χ1v) is 5.67. The SMILES string of the molecule is Cc1c(Cl)ccc2c(OCC(=O)NN)ccnc12. The molecule has 18 heavy (non-hydrogen) atoms. The molecule has 0 spiro atoms. The quantitative estimate of drug-likeness (QED) is 0.502. The molecule has 2 rings (SSSR count). The largest absolute Gasteiger partial charge is 0.483 e. The molecule has 0 saturated heterocycles. The summed E-state index contributed by atoms with van der Waals surface area (Å²) in [6.07, 6.45) is 1.61. The minimum Gasteiger partial charge on any atom is -0.483 e. The third-order valence-corrected chi connectivity index (χ3v) is 2.99. The number of rotatable bonds is 3. The summed E-state index contributed by atoms with van der Waals surface area (Å²) in [4.78, 5) is 15.3. The van der Waals surface area contributed by atoms with Crippen LogP contribution in [0.15, 0.2) is 24.4 Å². The number of hydrazine groups is 1. The lowest BCUT2D eigenvalue weighted by Crippen LogP contribution is -2.34. The Morgan fingerprint density at radius 3 is 3.00 bits per heavy atom. The maximum Gasteiger partial charge on any atom is 0.271 e. The van der Waals surface area contributed by atoms with Gasteiger partial charge in [0, 0.05) is 16.6 Å². The number of ether oxygens (including phenoxy) is 1. The van der Waals surface area contributed by atoms with E-state index in [1.54, 1.807) is 18.3 Å². The zero-order valence-electron chi connectivity index (χ0n) is 9.74. The van der Waals surface area contributed by atoms with Crippen LogP contribution in [0.4, 0.5) is 0 Å². The summed E-state index contributed by atoms with van der Waals surface area (Å²) in [5.74, 6) is 5.16. The second-order valence-electron chi connectivity index (χ2n) is 3.73. The van der Waals surface area contributed by atoms with E-state index < -0.39 is 5.91 Å². The zero-order valence-corrected chi connectivity index (χ0v) is 10.5. The van der Waals surface area contributed by atoms with Gasteiger partial charge in [0.05, 0.1) is 5.52 Å². The van der Waals surface area contributed by atoms with E-state index in [4.69, 9.17) is 22.2 Å². The lowest BCUT2D eigenvalue weighted by Gasteiger charge is -2.09. The molecule has 0 unspecified atom stereocenters. The fourth-order valence-electron chi connectivity index (χ4n) is 1.62. The van der Waals surface area contributed by atoms with E-state index in [1.165, 1.54) is 0 Å². The average molecular weight is 266 g/mol. The molecule has 0 aliphatic carbocycles. The van der Waals surface area contributed by atoms with Crippen LogP contribution < -0.4 is 16.0 Å². The van der Waals surface area contributed by atoms with E-state index >= 15 is 0 Å². The van der Waals surface area contributed by atoms with Gasteiger partial charge in [0.15, 0.2) is 6.61 Å². The summed E-state index contributed by atoms with van der Waals surface area (Å²) >= 11 is 6.03. The standard InChI is InChI=1S/C12H12ClN3O2/c1-7-9(13)3-2-8-10(4-5-15-12(7)8)18-6-11(17)16-14/h2-5H,6,14H2,1H3,(H,16,17). The molecule has 94 valence electrons. The van der Waals surface area contributed by atoms with Crippen LogP contribution in [0, 0.1) is 6.92 Å². The molecule has 2 aromatic rings. The highest BCUT2D eigenvalue weighted by Crippen LogP contribution is 2.29. The zero-order chi connectivity index (χ0) is 13.1. The fraction of sp³-hybridized carbons (Fsp3) is 0.167. The predicted molar refractivity (Wildman–Crippen MR) is 69.3 cm³/mol. The molecule has 1 aromatic carbocycles. The molecule has 0 aliphatic rings. The van der Waals surface area contributed by atoms with Crippen molar-refractivity contribution < 1.29 is 9.53 Å². The van der Waals surface area contributed by atoms with E-state index in [9.17, 15) is 4.79 Å². The first-order chi connectivity index (χ1) is 8.63. The monoisotopic (exact) mass is 265 g/mol. The lowest BCUT2D eigenvalue weighted by molar-refractivity contribution is -0.123. The van der Waals surface area contributed by atoms with Crippen LogP contribution >= 0.6 is 11.6 Å². The third-order valence-electron chi connectivity index (χ3n) is 2.58. The summed E-state index contributed by atoms with van der Waals surface area (Å²) < 4.78 is 5.39. The summed E-state index contributed by atoms with van der Waals surface area (Å²) in [5.41, 5.74) is 3.64. The van der Waals surface area contributed by atoms with Crippen LogP contribution in [0.3, 0.4) is 0 Å². The highest BCUT2D eigenvalue weighted by atomic mass is 35.5. The number of hydrogen-bond acceptors (Lipinski definition) is 4. The van der Waals surface area contributed by atoms with Crippen LogP contribution in [0.25, 0.3) is 10.9 Å². The Kier molecular flexibility index (Phi) is 3.64. The van der Waals surface area contributed by atoms with Crippen molar-refractivity contribution >= 4 is 28.4 Å². The topological polar surface area (TPSA) is 77.2 Å². The molecule has 1 aromatic heterocycles. The van der Waals surface area contributed by atoms with E-state index in [1.807, 2.05) is 18.4 Å². The van der Waals surface area contributed by atoms with Crippen molar-refractivity contribution in [1.29, 1.82) is 0 Å². The van der Waals surface area contributed by atoms with Gasteiger partial charge in [-0.15, -0.1) is 0 Å². The first-order valence-electron chi connectivity index (χ1n) is 5.29. The third kappa shape index (κ3) is 2.37. The molecule has 0 atom stereocenters. The van der Waals surface area contributed by atoms with Gasteiger partial charge in [-0.1, -0.05) is 11.6 Å².